The summed E-state index contributed by atoms with van der Waals surface area (Å²) in [5.41, 5.74) is 1.03. The number of halogens is 2. The Morgan fingerprint density at radius 1 is 0.900 bits per heavy atom. The molecule has 1 aromatic carbocycles. The predicted molar refractivity (Wildman–Crippen MR) is 79.8 cm³/mol. The van der Waals surface area contributed by atoms with Crippen LogP contribution in [0.1, 0.15) is 63.5 Å². The first-order valence-corrected chi connectivity index (χ1v) is 8.11. The lowest BCUT2D eigenvalue weighted by Gasteiger charge is -2.27. The Balaban J connectivity index is 1.90. The smallest absolute Gasteiger partial charge is 0.162 e. The van der Waals surface area contributed by atoms with E-state index in [0.29, 0.717) is 29.9 Å². The molecule has 0 saturated heterocycles. The van der Waals surface area contributed by atoms with Crippen molar-refractivity contribution in [1.82, 2.24) is 0 Å². The second kappa shape index (κ2) is 7.19. The van der Waals surface area contributed by atoms with Crippen LogP contribution in [0.5, 0.6) is 0 Å². The fourth-order valence-electron chi connectivity index (χ4n) is 3.38. The molecule has 20 heavy (non-hydrogen) atoms. The Kier molecular flexibility index (Phi) is 5.56. The van der Waals surface area contributed by atoms with Gasteiger partial charge >= 0.3 is 0 Å². The van der Waals surface area contributed by atoms with Crippen molar-refractivity contribution in [3.05, 3.63) is 34.9 Å². The fraction of sp³-hybridized carbons (Fsp3) is 0.667. The van der Waals surface area contributed by atoms with E-state index < -0.39 is 11.6 Å². The van der Waals surface area contributed by atoms with Crippen molar-refractivity contribution in [2.75, 3.05) is 0 Å². The van der Waals surface area contributed by atoms with Gasteiger partial charge in [-0.25, -0.2) is 8.78 Å². The van der Waals surface area contributed by atoms with E-state index in [1.165, 1.54) is 32.1 Å². The van der Waals surface area contributed by atoms with Gasteiger partial charge < -0.3 is 0 Å². The van der Waals surface area contributed by atoms with E-state index in [1.807, 2.05) is 6.92 Å². The zero-order chi connectivity index (χ0) is 14.5. The summed E-state index contributed by atoms with van der Waals surface area (Å²) in [5.74, 6) is 0.335. The van der Waals surface area contributed by atoms with E-state index in [0.717, 1.165) is 12.3 Å². The van der Waals surface area contributed by atoms with Crippen LogP contribution in [0.2, 0.25) is 0 Å². The molecule has 0 nitrogen and oxygen atoms in total. The molecule has 1 fully saturated rings. The molecule has 0 atom stereocenters. The largest absolute Gasteiger partial charge is 0.203 e. The molecule has 0 radical (unpaired) electrons. The van der Waals surface area contributed by atoms with Crippen LogP contribution in [-0.4, -0.2) is 0 Å². The van der Waals surface area contributed by atoms with Crippen LogP contribution in [0.3, 0.4) is 0 Å². The molecule has 0 heterocycles. The molecule has 1 aromatic rings. The molecule has 2 heteroatoms. The van der Waals surface area contributed by atoms with Crippen LogP contribution in [0.25, 0.3) is 0 Å². The lowest BCUT2D eigenvalue weighted by atomic mass is 9.78. The number of hydrogen-bond acceptors (Lipinski definition) is 0. The Morgan fingerprint density at radius 2 is 1.45 bits per heavy atom. The molecule has 0 aliphatic heterocycles. The standard InChI is InChI=1S/C18H26F2/c1-3-13-5-7-14(8-6-13)9-10-16-12-11-15(4-2)17(19)18(16)20/h11-14H,3-10H2,1-2H3. The van der Waals surface area contributed by atoms with E-state index in [4.69, 9.17) is 0 Å². The molecule has 2 rings (SSSR count). The van der Waals surface area contributed by atoms with Crippen molar-refractivity contribution >= 4 is 0 Å². The first-order chi connectivity index (χ1) is 9.65. The molecule has 0 spiro atoms. The quantitative estimate of drug-likeness (QED) is 0.651. The fourth-order valence-corrected chi connectivity index (χ4v) is 3.38. The van der Waals surface area contributed by atoms with Crippen molar-refractivity contribution in [1.29, 1.82) is 0 Å². The lowest BCUT2D eigenvalue weighted by Crippen LogP contribution is -2.14. The number of rotatable bonds is 5. The van der Waals surface area contributed by atoms with Crippen LogP contribution in [0, 0.1) is 23.5 Å². The van der Waals surface area contributed by atoms with Gasteiger partial charge in [0.1, 0.15) is 0 Å². The highest BCUT2D eigenvalue weighted by atomic mass is 19.2. The van der Waals surface area contributed by atoms with Crippen molar-refractivity contribution in [3.8, 4) is 0 Å². The van der Waals surface area contributed by atoms with Gasteiger partial charge in [0.2, 0.25) is 0 Å². The number of aryl methyl sites for hydroxylation is 2. The van der Waals surface area contributed by atoms with Crippen LogP contribution in [-0.2, 0) is 12.8 Å². The van der Waals surface area contributed by atoms with Gasteiger partial charge in [0, 0.05) is 0 Å². The van der Waals surface area contributed by atoms with E-state index in [-0.39, 0.29) is 0 Å². The molecule has 1 aliphatic carbocycles. The third kappa shape index (κ3) is 3.59. The third-order valence-electron chi connectivity index (χ3n) is 4.99. The van der Waals surface area contributed by atoms with Gasteiger partial charge in [-0.2, -0.15) is 0 Å². The monoisotopic (exact) mass is 280 g/mol. The summed E-state index contributed by atoms with van der Waals surface area (Å²) in [6, 6.07) is 3.51. The zero-order valence-corrected chi connectivity index (χ0v) is 12.7. The maximum Gasteiger partial charge on any atom is 0.162 e. The minimum Gasteiger partial charge on any atom is -0.203 e. The summed E-state index contributed by atoms with van der Waals surface area (Å²) >= 11 is 0. The summed E-state index contributed by atoms with van der Waals surface area (Å²) in [6.45, 7) is 4.11. The second-order valence-corrected chi connectivity index (χ2v) is 6.20. The van der Waals surface area contributed by atoms with Gasteiger partial charge in [0.15, 0.2) is 11.6 Å². The lowest BCUT2D eigenvalue weighted by molar-refractivity contribution is 0.258. The summed E-state index contributed by atoms with van der Waals surface area (Å²) < 4.78 is 27.7. The van der Waals surface area contributed by atoms with E-state index >= 15 is 0 Å². The first kappa shape index (κ1) is 15.5. The van der Waals surface area contributed by atoms with Crippen molar-refractivity contribution in [3.63, 3.8) is 0 Å². The molecule has 0 unspecified atom stereocenters. The Bertz CT molecular complexity index is 431. The highest BCUT2D eigenvalue weighted by Gasteiger charge is 2.20. The topological polar surface area (TPSA) is 0 Å². The molecule has 1 saturated carbocycles. The van der Waals surface area contributed by atoms with Gasteiger partial charge in [-0.15, -0.1) is 0 Å². The van der Waals surface area contributed by atoms with Gasteiger partial charge in [-0.1, -0.05) is 58.1 Å². The molecule has 0 amide bonds. The summed E-state index contributed by atoms with van der Waals surface area (Å²) in [7, 11) is 0. The van der Waals surface area contributed by atoms with Gasteiger partial charge in [-0.05, 0) is 42.2 Å². The van der Waals surface area contributed by atoms with Crippen molar-refractivity contribution < 1.29 is 8.78 Å². The maximum atomic E-state index is 13.9. The Morgan fingerprint density at radius 3 is 2.05 bits per heavy atom. The Labute approximate surface area is 121 Å². The van der Waals surface area contributed by atoms with Crippen LogP contribution in [0.15, 0.2) is 12.1 Å². The third-order valence-corrected chi connectivity index (χ3v) is 4.99. The second-order valence-electron chi connectivity index (χ2n) is 6.20. The van der Waals surface area contributed by atoms with Gasteiger partial charge in [0.05, 0.1) is 0 Å². The van der Waals surface area contributed by atoms with Crippen molar-refractivity contribution in [2.45, 2.75) is 65.2 Å². The van der Waals surface area contributed by atoms with E-state index in [9.17, 15) is 8.78 Å². The summed E-state index contributed by atoms with van der Waals surface area (Å²) in [4.78, 5) is 0. The van der Waals surface area contributed by atoms with Gasteiger partial charge in [0.25, 0.3) is 0 Å². The average Bonchev–Trinajstić information content (AvgIpc) is 2.49. The average molecular weight is 280 g/mol. The number of benzene rings is 1. The Hall–Kier alpha value is -0.920. The zero-order valence-electron chi connectivity index (χ0n) is 12.7. The predicted octanol–water partition coefficient (Wildman–Crippen LogP) is 5.68. The minimum absolute atomic E-state index is 0.481. The summed E-state index contributed by atoms with van der Waals surface area (Å²) in [5, 5.41) is 0. The van der Waals surface area contributed by atoms with E-state index in [1.54, 1.807) is 12.1 Å². The first-order valence-electron chi connectivity index (χ1n) is 8.11. The minimum atomic E-state index is -0.639. The molecule has 112 valence electrons. The van der Waals surface area contributed by atoms with Crippen LogP contribution < -0.4 is 0 Å². The maximum absolute atomic E-state index is 13.9. The van der Waals surface area contributed by atoms with Crippen molar-refractivity contribution in [2.24, 2.45) is 11.8 Å². The molecule has 1 aliphatic rings. The highest BCUT2D eigenvalue weighted by Crippen LogP contribution is 2.33. The molecule has 0 aromatic heterocycles. The summed E-state index contributed by atoms with van der Waals surface area (Å²) in [6.07, 6.45) is 8.65. The highest BCUT2D eigenvalue weighted by molar-refractivity contribution is 5.26. The molecule has 0 bridgehead atoms. The molecular weight excluding hydrogens is 254 g/mol. The van der Waals surface area contributed by atoms with E-state index in [2.05, 4.69) is 6.92 Å². The number of hydrogen-bond donors (Lipinski definition) is 0. The van der Waals surface area contributed by atoms with Crippen LogP contribution in [0.4, 0.5) is 8.78 Å². The molecule has 0 N–H and O–H groups in total. The SMILES string of the molecule is CCc1ccc(CCC2CCC(CC)CC2)c(F)c1F. The normalized spacial score (nSPS) is 23.0. The van der Waals surface area contributed by atoms with Crippen LogP contribution >= 0.6 is 0 Å². The van der Waals surface area contributed by atoms with Gasteiger partial charge in [-0.3, -0.25) is 0 Å². The molecular formula is C18H26F2.